The quantitative estimate of drug-likeness (QED) is 0.792. The number of rotatable bonds is 3. The molecule has 0 saturated heterocycles. The molecule has 2 rings (SSSR count). The highest BCUT2D eigenvalue weighted by Gasteiger charge is 2.03. The minimum absolute atomic E-state index is 0.327. The average molecular weight is 271 g/mol. The van der Waals surface area contributed by atoms with E-state index in [0.29, 0.717) is 22.0 Å². The van der Waals surface area contributed by atoms with Gasteiger partial charge in [0.05, 0.1) is 12.8 Å². The Morgan fingerprint density at radius 1 is 1.21 bits per heavy atom. The number of ether oxygens (including phenoxy) is 1. The molecule has 0 fully saturated rings. The maximum absolute atomic E-state index is 9.18. The first-order valence-corrected chi connectivity index (χ1v) is 5.99. The van der Waals surface area contributed by atoms with Gasteiger partial charge in [0.1, 0.15) is 17.5 Å². The number of hydrogen-bond donors (Lipinski definition) is 0. The summed E-state index contributed by atoms with van der Waals surface area (Å²) in [6, 6.07) is 16.3. The van der Waals surface area contributed by atoms with Crippen molar-refractivity contribution in [2.45, 2.75) is 0 Å². The molecule has 0 N–H and O–H groups in total. The van der Waals surface area contributed by atoms with Crippen LogP contribution >= 0.6 is 11.6 Å². The van der Waals surface area contributed by atoms with E-state index in [1.165, 1.54) is 0 Å². The zero-order chi connectivity index (χ0) is 13.7. The molecule has 0 aliphatic rings. The van der Waals surface area contributed by atoms with Crippen molar-refractivity contribution in [3.05, 3.63) is 59.1 Å². The molecule has 0 aliphatic heterocycles. The first-order chi connectivity index (χ1) is 9.22. The van der Waals surface area contributed by atoms with Crippen LogP contribution in [0.15, 0.2) is 53.5 Å². The van der Waals surface area contributed by atoms with E-state index in [1.807, 2.05) is 0 Å². The fourth-order valence-corrected chi connectivity index (χ4v) is 1.77. The lowest BCUT2D eigenvalue weighted by Gasteiger charge is -2.01. The molecule has 0 aliphatic carbocycles. The number of benzene rings is 2. The minimum Gasteiger partial charge on any atom is -0.497 e. The molecule has 94 valence electrons. The monoisotopic (exact) mass is 270 g/mol. The number of nitrogens with zero attached hydrogens (tertiary/aromatic N) is 2. The van der Waals surface area contributed by atoms with Gasteiger partial charge in [-0.1, -0.05) is 23.7 Å². The molecule has 0 atom stereocenters. The molecular formula is C15H11ClN2O. The van der Waals surface area contributed by atoms with Crippen molar-refractivity contribution in [1.82, 2.24) is 0 Å². The SMILES string of the molecule is COc1ccc(N=C(C#N)c2cccc(Cl)c2)cc1. The van der Waals surface area contributed by atoms with Gasteiger partial charge in [0.25, 0.3) is 0 Å². The summed E-state index contributed by atoms with van der Waals surface area (Å²) < 4.78 is 5.07. The van der Waals surface area contributed by atoms with Crippen LogP contribution in [-0.2, 0) is 0 Å². The Morgan fingerprint density at radius 2 is 1.95 bits per heavy atom. The van der Waals surface area contributed by atoms with Crippen molar-refractivity contribution in [3.8, 4) is 11.8 Å². The second-order valence-electron chi connectivity index (χ2n) is 3.78. The highest BCUT2D eigenvalue weighted by atomic mass is 35.5. The fourth-order valence-electron chi connectivity index (χ4n) is 1.58. The normalized spacial score (nSPS) is 10.9. The van der Waals surface area contributed by atoms with Gasteiger partial charge in [-0.25, -0.2) is 4.99 Å². The van der Waals surface area contributed by atoms with Gasteiger partial charge < -0.3 is 4.74 Å². The molecule has 0 spiro atoms. The van der Waals surface area contributed by atoms with Crippen molar-refractivity contribution in [2.75, 3.05) is 7.11 Å². The molecule has 0 aromatic heterocycles. The molecule has 3 nitrogen and oxygen atoms in total. The van der Waals surface area contributed by atoms with E-state index in [-0.39, 0.29) is 0 Å². The lowest BCUT2D eigenvalue weighted by atomic mass is 10.1. The van der Waals surface area contributed by atoms with E-state index < -0.39 is 0 Å². The van der Waals surface area contributed by atoms with Crippen LogP contribution in [0.25, 0.3) is 0 Å². The van der Waals surface area contributed by atoms with Crippen LogP contribution in [0.5, 0.6) is 5.75 Å². The van der Waals surface area contributed by atoms with Gasteiger partial charge >= 0.3 is 0 Å². The van der Waals surface area contributed by atoms with Gasteiger partial charge in [-0.3, -0.25) is 0 Å². The molecule has 0 saturated carbocycles. The second-order valence-corrected chi connectivity index (χ2v) is 4.22. The van der Waals surface area contributed by atoms with Gasteiger partial charge in [0, 0.05) is 10.6 Å². The van der Waals surface area contributed by atoms with Crippen LogP contribution < -0.4 is 4.74 Å². The summed E-state index contributed by atoms with van der Waals surface area (Å²) in [5.41, 5.74) is 1.72. The predicted octanol–water partition coefficient (Wildman–Crippen LogP) is 3.99. The molecule has 0 amide bonds. The highest BCUT2D eigenvalue weighted by molar-refractivity contribution is 6.31. The number of aliphatic imine (C=N–C) groups is 1. The van der Waals surface area contributed by atoms with Gasteiger partial charge in [0.15, 0.2) is 0 Å². The summed E-state index contributed by atoms with van der Waals surface area (Å²) in [6.07, 6.45) is 0. The summed E-state index contributed by atoms with van der Waals surface area (Å²) in [7, 11) is 1.60. The van der Waals surface area contributed by atoms with Crippen molar-refractivity contribution in [1.29, 1.82) is 5.26 Å². The molecule has 0 bridgehead atoms. The summed E-state index contributed by atoms with van der Waals surface area (Å²) in [4.78, 5) is 4.31. The van der Waals surface area contributed by atoms with Crippen LogP contribution in [0.4, 0.5) is 5.69 Å². The molecular weight excluding hydrogens is 260 g/mol. The average Bonchev–Trinajstić information content (AvgIpc) is 2.45. The topological polar surface area (TPSA) is 45.4 Å². The Morgan fingerprint density at radius 3 is 2.53 bits per heavy atom. The Bertz CT molecular complexity index is 642. The zero-order valence-corrected chi connectivity index (χ0v) is 11.1. The van der Waals surface area contributed by atoms with Crippen LogP contribution in [0.1, 0.15) is 5.56 Å². The lowest BCUT2D eigenvalue weighted by Crippen LogP contribution is -1.96. The number of methoxy groups -OCH3 is 1. The number of hydrogen-bond acceptors (Lipinski definition) is 3. The first-order valence-electron chi connectivity index (χ1n) is 5.61. The summed E-state index contributed by atoms with van der Waals surface area (Å²) in [5.74, 6) is 0.750. The Hall–Kier alpha value is -2.31. The zero-order valence-electron chi connectivity index (χ0n) is 10.3. The molecule has 0 radical (unpaired) electrons. The fraction of sp³-hybridized carbons (Fsp3) is 0.0667. The summed E-state index contributed by atoms with van der Waals surface area (Å²) in [6.45, 7) is 0. The van der Waals surface area contributed by atoms with Crippen LogP contribution in [-0.4, -0.2) is 12.8 Å². The van der Waals surface area contributed by atoms with Gasteiger partial charge in [0.2, 0.25) is 0 Å². The van der Waals surface area contributed by atoms with Crippen molar-refractivity contribution in [2.24, 2.45) is 4.99 Å². The number of nitriles is 1. The molecule has 4 heteroatoms. The largest absolute Gasteiger partial charge is 0.497 e. The van der Waals surface area contributed by atoms with E-state index in [4.69, 9.17) is 16.3 Å². The van der Waals surface area contributed by atoms with Crippen LogP contribution in [0.2, 0.25) is 5.02 Å². The Kier molecular flexibility index (Phi) is 4.17. The molecule has 19 heavy (non-hydrogen) atoms. The van der Waals surface area contributed by atoms with E-state index in [0.717, 1.165) is 5.75 Å². The highest BCUT2D eigenvalue weighted by Crippen LogP contribution is 2.19. The van der Waals surface area contributed by atoms with Crippen molar-refractivity contribution >= 4 is 23.0 Å². The van der Waals surface area contributed by atoms with Gasteiger partial charge in [-0.2, -0.15) is 5.26 Å². The Balaban J connectivity index is 2.36. The standard InChI is InChI=1S/C15H11ClN2O/c1-19-14-7-5-13(6-8-14)18-15(10-17)11-3-2-4-12(16)9-11/h2-9H,1H3. The molecule has 0 unspecified atom stereocenters. The Labute approximate surface area is 116 Å². The third-order valence-electron chi connectivity index (χ3n) is 2.52. The molecule has 2 aromatic carbocycles. The predicted molar refractivity (Wildman–Crippen MR) is 76.3 cm³/mol. The van der Waals surface area contributed by atoms with Crippen molar-refractivity contribution in [3.63, 3.8) is 0 Å². The number of halogens is 1. The maximum atomic E-state index is 9.18. The van der Waals surface area contributed by atoms with Crippen LogP contribution in [0, 0.1) is 11.3 Å². The third-order valence-corrected chi connectivity index (χ3v) is 2.75. The van der Waals surface area contributed by atoms with Gasteiger partial charge in [-0.15, -0.1) is 0 Å². The first kappa shape index (κ1) is 13.1. The molecule has 0 heterocycles. The van der Waals surface area contributed by atoms with E-state index in [9.17, 15) is 5.26 Å². The van der Waals surface area contributed by atoms with E-state index in [1.54, 1.807) is 55.6 Å². The van der Waals surface area contributed by atoms with E-state index >= 15 is 0 Å². The van der Waals surface area contributed by atoms with Crippen molar-refractivity contribution < 1.29 is 4.74 Å². The maximum Gasteiger partial charge on any atom is 0.148 e. The summed E-state index contributed by atoms with van der Waals surface area (Å²) in [5, 5.41) is 9.76. The van der Waals surface area contributed by atoms with Gasteiger partial charge in [-0.05, 0) is 36.4 Å². The second kappa shape index (κ2) is 6.03. The smallest absolute Gasteiger partial charge is 0.148 e. The summed E-state index contributed by atoms with van der Waals surface area (Å²) >= 11 is 5.91. The molecule has 2 aromatic rings. The van der Waals surface area contributed by atoms with Crippen LogP contribution in [0.3, 0.4) is 0 Å². The lowest BCUT2D eigenvalue weighted by molar-refractivity contribution is 0.415. The van der Waals surface area contributed by atoms with E-state index in [2.05, 4.69) is 11.1 Å². The minimum atomic E-state index is 0.327. The third kappa shape index (κ3) is 3.34.